The first-order chi connectivity index (χ1) is 20.6. The van der Waals surface area contributed by atoms with Gasteiger partial charge >= 0.3 is 0 Å². The molecule has 0 amide bonds. The van der Waals surface area contributed by atoms with E-state index in [4.69, 9.17) is 0 Å². The fraction of sp³-hybridized carbons (Fsp3) is 0.947. The van der Waals surface area contributed by atoms with Gasteiger partial charge in [-0.05, 0) is 156 Å². The molecule has 0 aliphatic heterocycles. The summed E-state index contributed by atoms with van der Waals surface area (Å²) in [6, 6.07) is 0. The van der Waals surface area contributed by atoms with E-state index in [1.54, 1.807) is 0 Å². The number of alkyl halides is 4. The molecule has 0 aromatic rings. The van der Waals surface area contributed by atoms with Gasteiger partial charge in [-0.15, -0.1) is 0 Å². The molecule has 0 N–H and O–H groups in total. The van der Waals surface area contributed by atoms with Crippen LogP contribution < -0.4 is 0 Å². The average Bonchev–Trinajstić information content (AvgIpc) is 2.99. The second-order valence-corrected chi connectivity index (χ2v) is 16.3. The molecule has 0 radical (unpaired) electrons. The minimum absolute atomic E-state index is 0.0642. The van der Waals surface area contributed by atoms with E-state index < -0.39 is 24.2 Å². The molecule has 248 valence electrons. The molecule has 5 heteroatoms. The Hall–Kier alpha value is -0.610. The van der Waals surface area contributed by atoms with E-state index >= 15 is 0 Å². The first-order valence-corrected chi connectivity index (χ1v) is 18.6. The third kappa shape index (κ3) is 9.02. The molecule has 0 bridgehead atoms. The van der Waals surface area contributed by atoms with E-state index in [1.165, 1.54) is 44.9 Å². The highest BCUT2D eigenvalue weighted by molar-refractivity contribution is 5.17. The highest BCUT2D eigenvalue weighted by Gasteiger charge is 2.50. The van der Waals surface area contributed by atoms with Crippen molar-refractivity contribution in [3.8, 4) is 0 Å². The summed E-state index contributed by atoms with van der Waals surface area (Å²) < 4.78 is 70.6. The molecule has 0 aromatic heterocycles. The van der Waals surface area contributed by atoms with Crippen LogP contribution in [0.1, 0.15) is 155 Å². The Kier molecular flexibility index (Phi) is 12.0. The molecule has 5 saturated carbocycles. The molecule has 6 rings (SSSR count). The molecule has 0 aromatic carbocycles. The summed E-state index contributed by atoms with van der Waals surface area (Å²) in [5.74, 6) is 1.37. The molecule has 0 heterocycles. The van der Waals surface area contributed by atoms with Crippen LogP contribution in [-0.2, 0) is 0 Å². The van der Waals surface area contributed by atoms with Crippen LogP contribution in [0.4, 0.5) is 22.0 Å². The van der Waals surface area contributed by atoms with Crippen molar-refractivity contribution in [2.75, 3.05) is 0 Å². The molecule has 0 nitrogen and oxygen atoms in total. The molecule has 43 heavy (non-hydrogen) atoms. The van der Waals surface area contributed by atoms with Gasteiger partial charge in [0.1, 0.15) is 12.3 Å². The third-order valence-electron chi connectivity index (χ3n) is 13.4. The van der Waals surface area contributed by atoms with Gasteiger partial charge < -0.3 is 0 Å². The van der Waals surface area contributed by atoms with E-state index in [-0.39, 0.29) is 24.1 Å². The van der Waals surface area contributed by atoms with E-state index in [0.717, 1.165) is 61.9 Å². The zero-order chi connectivity index (χ0) is 30.6. The highest BCUT2D eigenvalue weighted by Crippen LogP contribution is 2.52. The first kappa shape index (κ1) is 33.7. The lowest BCUT2D eigenvalue weighted by atomic mass is 9.64. The smallest absolute Gasteiger partial charge is 0.247 e. The number of hydrogen-bond donors (Lipinski definition) is 0. The van der Waals surface area contributed by atoms with Crippen LogP contribution in [0.25, 0.3) is 0 Å². The minimum atomic E-state index is -2.51. The van der Waals surface area contributed by atoms with Gasteiger partial charge in [0, 0.05) is 18.8 Å². The van der Waals surface area contributed by atoms with Gasteiger partial charge in [0.15, 0.2) is 0 Å². The van der Waals surface area contributed by atoms with E-state index in [9.17, 15) is 22.0 Å². The summed E-state index contributed by atoms with van der Waals surface area (Å²) in [5, 5.41) is 0. The van der Waals surface area contributed by atoms with Crippen LogP contribution in [0.15, 0.2) is 11.4 Å². The van der Waals surface area contributed by atoms with Crippen molar-refractivity contribution in [3.05, 3.63) is 11.4 Å². The Balaban J connectivity index is 0.000000171. The number of hydrogen-bond acceptors (Lipinski definition) is 0. The van der Waals surface area contributed by atoms with Gasteiger partial charge in [0.05, 0.1) is 5.83 Å². The lowest BCUT2D eigenvalue weighted by molar-refractivity contribution is -0.136. The normalized spacial score (nSPS) is 44.3. The maximum Gasteiger partial charge on any atom is 0.251 e. The molecule has 3 atom stereocenters. The molecule has 3 unspecified atom stereocenters. The van der Waals surface area contributed by atoms with Crippen molar-refractivity contribution in [1.82, 2.24) is 0 Å². The molecular weight excluding hydrogens is 551 g/mol. The molecular formula is C38H61F5. The molecule has 5 fully saturated rings. The molecule has 0 spiro atoms. The SMILES string of the molecule is CC1CCC(C2CCC(C3CCC(F)CC3)=C(F)C2)CC1.CC1CCC(C2CCC(C3CCC(F)CC3)C(F)(F)C2)CC1. The van der Waals surface area contributed by atoms with Crippen LogP contribution >= 0.6 is 0 Å². The minimum Gasteiger partial charge on any atom is -0.247 e. The number of rotatable bonds is 4. The first-order valence-electron chi connectivity index (χ1n) is 18.6. The number of halogens is 5. The van der Waals surface area contributed by atoms with Crippen molar-refractivity contribution in [1.29, 1.82) is 0 Å². The largest absolute Gasteiger partial charge is 0.251 e. The van der Waals surface area contributed by atoms with Crippen LogP contribution in [-0.4, -0.2) is 18.3 Å². The van der Waals surface area contributed by atoms with Gasteiger partial charge in [-0.2, -0.15) is 0 Å². The zero-order valence-electron chi connectivity index (χ0n) is 27.3. The average molecular weight is 613 g/mol. The Morgan fingerprint density at radius 2 is 0.977 bits per heavy atom. The van der Waals surface area contributed by atoms with Crippen molar-refractivity contribution in [3.63, 3.8) is 0 Å². The predicted molar refractivity (Wildman–Crippen MR) is 167 cm³/mol. The standard InChI is InChI=1S/C19H31F3.C19H30F2/c1-13-2-4-14(5-3-13)16-8-11-18(19(21,22)12-16)15-6-9-17(20)10-7-15;1-13-2-4-14(5-3-13)16-8-11-18(19(21)12-16)15-6-9-17(20)10-7-15/h13-18H,2-12H2,1H3;13-17H,2-12H2,1H3. The van der Waals surface area contributed by atoms with Crippen LogP contribution in [0.3, 0.4) is 0 Å². The van der Waals surface area contributed by atoms with Crippen molar-refractivity contribution in [2.24, 2.45) is 53.3 Å². The van der Waals surface area contributed by atoms with Crippen LogP contribution in [0, 0.1) is 53.3 Å². The van der Waals surface area contributed by atoms with Crippen LogP contribution in [0.5, 0.6) is 0 Å². The van der Waals surface area contributed by atoms with Gasteiger partial charge in [-0.1, -0.05) is 39.5 Å². The summed E-state index contributed by atoms with van der Waals surface area (Å²) in [4.78, 5) is 0. The third-order valence-corrected chi connectivity index (χ3v) is 13.4. The van der Waals surface area contributed by atoms with E-state index in [1.807, 2.05) is 0 Å². The Labute approximate surface area is 259 Å². The van der Waals surface area contributed by atoms with Crippen LogP contribution in [0.2, 0.25) is 0 Å². The van der Waals surface area contributed by atoms with E-state index in [0.29, 0.717) is 69.1 Å². The number of allylic oxidation sites excluding steroid dienone is 2. The lowest BCUT2D eigenvalue weighted by Gasteiger charge is -2.44. The summed E-state index contributed by atoms with van der Waals surface area (Å²) in [7, 11) is 0. The maximum atomic E-state index is 14.7. The van der Waals surface area contributed by atoms with Gasteiger partial charge in [0.2, 0.25) is 0 Å². The topological polar surface area (TPSA) is 0 Å². The molecule has 6 aliphatic rings. The molecule has 6 aliphatic carbocycles. The second-order valence-electron chi connectivity index (χ2n) is 16.3. The van der Waals surface area contributed by atoms with E-state index in [2.05, 4.69) is 13.8 Å². The van der Waals surface area contributed by atoms with Crippen molar-refractivity contribution < 1.29 is 22.0 Å². The molecule has 0 saturated heterocycles. The summed E-state index contributed by atoms with van der Waals surface area (Å²) in [6.07, 6.45) is 18.6. The Bertz CT molecular complexity index is 867. The lowest BCUT2D eigenvalue weighted by Crippen LogP contribution is -2.43. The van der Waals surface area contributed by atoms with Gasteiger partial charge in [-0.3, -0.25) is 0 Å². The fourth-order valence-electron chi connectivity index (χ4n) is 10.4. The predicted octanol–water partition coefficient (Wildman–Crippen LogP) is 12.8. The van der Waals surface area contributed by atoms with Gasteiger partial charge in [0.25, 0.3) is 5.92 Å². The monoisotopic (exact) mass is 612 g/mol. The quantitative estimate of drug-likeness (QED) is 0.277. The highest BCUT2D eigenvalue weighted by atomic mass is 19.3. The van der Waals surface area contributed by atoms with Crippen molar-refractivity contribution >= 4 is 0 Å². The maximum absolute atomic E-state index is 14.7. The Morgan fingerprint density at radius 3 is 1.49 bits per heavy atom. The zero-order valence-corrected chi connectivity index (χ0v) is 27.3. The van der Waals surface area contributed by atoms with Gasteiger partial charge in [-0.25, -0.2) is 22.0 Å². The summed E-state index contributed by atoms with van der Waals surface area (Å²) in [6.45, 7) is 4.62. The summed E-state index contributed by atoms with van der Waals surface area (Å²) >= 11 is 0. The summed E-state index contributed by atoms with van der Waals surface area (Å²) in [5.41, 5.74) is 1.07. The Morgan fingerprint density at radius 1 is 0.512 bits per heavy atom. The fourth-order valence-corrected chi connectivity index (χ4v) is 10.4. The van der Waals surface area contributed by atoms with Crippen molar-refractivity contribution in [2.45, 2.75) is 173 Å². The second kappa shape index (κ2) is 15.3.